The summed E-state index contributed by atoms with van der Waals surface area (Å²) in [4.78, 5) is 29.0. The molecular formula is C17H19N5O2. The van der Waals surface area contributed by atoms with E-state index >= 15 is 0 Å². The fourth-order valence-corrected chi connectivity index (χ4v) is 2.50. The fourth-order valence-electron chi connectivity index (χ4n) is 2.50. The molecule has 7 nitrogen and oxygen atoms in total. The van der Waals surface area contributed by atoms with E-state index < -0.39 is 6.04 Å². The van der Waals surface area contributed by atoms with Crippen LogP contribution in [0.5, 0.6) is 0 Å². The molecule has 24 heavy (non-hydrogen) atoms. The lowest BCUT2D eigenvalue weighted by Crippen LogP contribution is -2.49. The second kappa shape index (κ2) is 7.67. The van der Waals surface area contributed by atoms with Gasteiger partial charge in [-0.1, -0.05) is 30.3 Å². The van der Waals surface area contributed by atoms with Crippen molar-refractivity contribution in [2.75, 3.05) is 6.54 Å². The van der Waals surface area contributed by atoms with E-state index in [1.807, 2.05) is 30.3 Å². The average molecular weight is 325 g/mol. The lowest BCUT2D eigenvalue weighted by atomic mass is 10.1. The predicted molar refractivity (Wildman–Crippen MR) is 88.6 cm³/mol. The molecule has 1 aliphatic heterocycles. The molecule has 7 heteroatoms. The Labute approximate surface area is 139 Å². The smallest absolute Gasteiger partial charge is 0.253 e. The molecule has 1 aromatic heterocycles. The Balaban J connectivity index is 1.77. The van der Waals surface area contributed by atoms with Crippen molar-refractivity contribution in [1.82, 2.24) is 26.5 Å². The van der Waals surface area contributed by atoms with Crippen molar-refractivity contribution in [3.05, 3.63) is 66.0 Å². The zero-order chi connectivity index (χ0) is 16.8. The molecule has 1 aromatic carbocycles. The quantitative estimate of drug-likeness (QED) is 0.642. The van der Waals surface area contributed by atoms with Crippen molar-refractivity contribution in [2.24, 2.45) is 0 Å². The third kappa shape index (κ3) is 3.95. The van der Waals surface area contributed by atoms with Crippen molar-refractivity contribution >= 4 is 11.8 Å². The summed E-state index contributed by atoms with van der Waals surface area (Å²) in [5.41, 5.74) is 7.07. The van der Waals surface area contributed by atoms with Crippen LogP contribution in [0.3, 0.4) is 0 Å². The minimum atomic E-state index is -0.777. The third-order valence-corrected chi connectivity index (χ3v) is 3.75. The van der Waals surface area contributed by atoms with Crippen LogP contribution in [0.15, 0.2) is 54.9 Å². The summed E-state index contributed by atoms with van der Waals surface area (Å²) in [6.45, 7) is 0.781. The topological polar surface area (TPSA) is 95.2 Å². The SMILES string of the molecule is O=C(NC(C(=O)NC1CCNN1)c1ccccc1)c1cccnc1. The largest absolute Gasteiger partial charge is 0.337 e. The van der Waals surface area contributed by atoms with E-state index in [0.717, 1.165) is 18.5 Å². The van der Waals surface area contributed by atoms with Crippen LogP contribution in [0, 0.1) is 0 Å². The Hall–Kier alpha value is -2.77. The van der Waals surface area contributed by atoms with Gasteiger partial charge in [0.15, 0.2) is 0 Å². The van der Waals surface area contributed by atoms with Gasteiger partial charge in [-0.2, -0.15) is 0 Å². The maximum absolute atomic E-state index is 12.7. The number of nitrogens with zero attached hydrogens (tertiary/aromatic N) is 1. The number of nitrogens with one attached hydrogen (secondary N) is 4. The number of hydrogen-bond donors (Lipinski definition) is 4. The second-order valence-corrected chi connectivity index (χ2v) is 5.48. The number of pyridine rings is 1. The van der Waals surface area contributed by atoms with Gasteiger partial charge < -0.3 is 10.6 Å². The van der Waals surface area contributed by atoms with Gasteiger partial charge >= 0.3 is 0 Å². The molecular weight excluding hydrogens is 306 g/mol. The Kier molecular flexibility index (Phi) is 5.15. The molecule has 2 aromatic rings. The normalized spacial score (nSPS) is 17.9. The molecule has 1 fully saturated rings. The molecule has 3 rings (SSSR count). The number of aromatic nitrogens is 1. The number of amides is 2. The summed E-state index contributed by atoms with van der Waals surface area (Å²) in [6, 6.07) is 11.7. The van der Waals surface area contributed by atoms with Gasteiger partial charge in [0.1, 0.15) is 6.04 Å². The van der Waals surface area contributed by atoms with E-state index in [2.05, 4.69) is 26.5 Å². The standard InChI is InChI=1S/C17H19N5O2/c23-16(13-7-4-9-18-11-13)21-15(12-5-2-1-3-6-12)17(24)20-14-8-10-19-22-14/h1-7,9,11,14-15,19,22H,8,10H2,(H,20,24)(H,21,23). The van der Waals surface area contributed by atoms with Crippen LogP contribution >= 0.6 is 0 Å². The maximum atomic E-state index is 12.7. The lowest BCUT2D eigenvalue weighted by molar-refractivity contribution is -0.124. The van der Waals surface area contributed by atoms with Crippen molar-refractivity contribution < 1.29 is 9.59 Å². The van der Waals surface area contributed by atoms with E-state index in [0.29, 0.717) is 5.56 Å². The Bertz CT molecular complexity index is 687. The fraction of sp³-hybridized carbons (Fsp3) is 0.235. The summed E-state index contributed by atoms with van der Waals surface area (Å²) in [5.74, 6) is -0.607. The monoisotopic (exact) mass is 325 g/mol. The molecule has 0 bridgehead atoms. The summed E-state index contributed by atoms with van der Waals surface area (Å²) in [5, 5.41) is 5.68. The maximum Gasteiger partial charge on any atom is 0.253 e. The lowest BCUT2D eigenvalue weighted by Gasteiger charge is -2.21. The van der Waals surface area contributed by atoms with Crippen molar-refractivity contribution in [1.29, 1.82) is 0 Å². The molecule has 2 atom stereocenters. The minimum absolute atomic E-state index is 0.154. The molecule has 124 valence electrons. The van der Waals surface area contributed by atoms with Gasteiger partial charge in [-0.05, 0) is 24.1 Å². The van der Waals surface area contributed by atoms with Crippen LogP contribution < -0.4 is 21.5 Å². The first-order chi connectivity index (χ1) is 11.7. The molecule has 2 amide bonds. The highest BCUT2D eigenvalue weighted by molar-refractivity contribution is 5.97. The first kappa shape index (κ1) is 16.1. The van der Waals surface area contributed by atoms with Crippen LogP contribution in [0.1, 0.15) is 28.4 Å². The third-order valence-electron chi connectivity index (χ3n) is 3.75. The van der Waals surface area contributed by atoms with E-state index in [4.69, 9.17) is 0 Å². The van der Waals surface area contributed by atoms with Crippen LogP contribution in [0.2, 0.25) is 0 Å². The van der Waals surface area contributed by atoms with Crippen molar-refractivity contribution in [3.8, 4) is 0 Å². The minimum Gasteiger partial charge on any atom is -0.337 e. The predicted octanol–water partition coefficient (Wildman–Crippen LogP) is 0.493. The zero-order valence-corrected chi connectivity index (χ0v) is 13.0. The zero-order valence-electron chi connectivity index (χ0n) is 13.0. The number of carbonyl (C=O) groups excluding carboxylic acids is 2. The molecule has 0 aliphatic carbocycles. The highest BCUT2D eigenvalue weighted by Crippen LogP contribution is 2.14. The first-order valence-electron chi connectivity index (χ1n) is 7.78. The number of rotatable bonds is 5. The van der Waals surface area contributed by atoms with Gasteiger partial charge in [0.05, 0.1) is 11.7 Å². The van der Waals surface area contributed by atoms with Crippen LogP contribution in [-0.4, -0.2) is 29.5 Å². The van der Waals surface area contributed by atoms with Crippen LogP contribution in [-0.2, 0) is 4.79 Å². The molecule has 4 N–H and O–H groups in total. The molecule has 2 heterocycles. The first-order valence-corrected chi connectivity index (χ1v) is 7.78. The summed E-state index contributed by atoms with van der Waals surface area (Å²) in [6.07, 6.45) is 3.69. The average Bonchev–Trinajstić information content (AvgIpc) is 3.14. The summed E-state index contributed by atoms with van der Waals surface area (Å²) >= 11 is 0. The second-order valence-electron chi connectivity index (χ2n) is 5.48. The highest BCUT2D eigenvalue weighted by atomic mass is 16.2. The number of benzene rings is 1. The number of hydrogen-bond acceptors (Lipinski definition) is 5. The van der Waals surface area contributed by atoms with E-state index in [9.17, 15) is 9.59 Å². The molecule has 0 saturated carbocycles. The summed E-state index contributed by atoms with van der Waals surface area (Å²) in [7, 11) is 0. The van der Waals surface area contributed by atoms with Gasteiger partial charge in [-0.3, -0.25) is 20.0 Å². The molecule has 1 aliphatic rings. The van der Waals surface area contributed by atoms with Gasteiger partial charge in [0.2, 0.25) is 5.91 Å². The number of carbonyl (C=O) groups is 2. The number of hydrazine groups is 1. The van der Waals surface area contributed by atoms with Gasteiger partial charge in [-0.25, -0.2) is 5.43 Å². The van der Waals surface area contributed by atoms with E-state index in [-0.39, 0.29) is 18.0 Å². The van der Waals surface area contributed by atoms with Crippen molar-refractivity contribution in [2.45, 2.75) is 18.6 Å². The van der Waals surface area contributed by atoms with Crippen LogP contribution in [0.25, 0.3) is 0 Å². The van der Waals surface area contributed by atoms with E-state index in [1.54, 1.807) is 18.3 Å². The summed E-state index contributed by atoms with van der Waals surface area (Å²) < 4.78 is 0. The Morgan fingerprint density at radius 3 is 2.67 bits per heavy atom. The highest BCUT2D eigenvalue weighted by Gasteiger charge is 2.26. The van der Waals surface area contributed by atoms with Crippen LogP contribution in [0.4, 0.5) is 0 Å². The van der Waals surface area contributed by atoms with Gasteiger partial charge in [-0.15, -0.1) is 0 Å². The Morgan fingerprint density at radius 1 is 1.17 bits per heavy atom. The molecule has 1 saturated heterocycles. The molecule has 2 unspecified atom stereocenters. The Morgan fingerprint density at radius 2 is 2.00 bits per heavy atom. The van der Waals surface area contributed by atoms with Gasteiger partial charge in [0, 0.05) is 18.9 Å². The molecule has 0 spiro atoms. The van der Waals surface area contributed by atoms with Crippen molar-refractivity contribution in [3.63, 3.8) is 0 Å². The molecule has 0 radical (unpaired) electrons. The van der Waals surface area contributed by atoms with E-state index in [1.165, 1.54) is 6.20 Å². The van der Waals surface area contributed by atoms with Gasteiger partial charge in [0.25, 0.3) is 5.91 Å².